The lowest BCUT2D eigenvalue weighted by atomic mass is 9.86. The maximum Gasteiger partial charge on any atom is 0.0221 e. The van der Waals surface area contributed by atoms with Gasteiger partial charge in [-0.3, -0.25) is 4.90 Å². The van der Waals surface area contributed by atoms with Crippen LogP contribution < -0.4 is 5.32 Å². The standard InChI is InChI=1S/C14H28N2/c1-4-11(3)14-10-16(13-7-6-8-13)12(5-2)9-15-14/h11-15H,4-10H2,1-3H3. The van der Waals surface area contributed by atoms with E-state index in [1.54, 1.807) is 0 Å². The van der Waals surface area contributed by atoms with Gasteiger partial charge in [0.25, 0.3) is 0 Å². The third kappa shape index (κ3) is 2.43. The molecule has 1 N–H and O–H groups in total. The van der Waals surface area contributed by atoms with Crippen molar-refractivity contribution >= 4 is 0 Å². The Hall–Kier alpha value is -0.0800. The molecule has 3 atom stereocenters. The Bertz CT molecular complexity index is 213. The third-order valence-corrected chi connectivity index (χ3v) is 4.84. The fourth-order valence-electron chi connectivity index (χ4n) is 3.06. The van der Waals surface area contributed by atoms with E-state index >= 15 is 0 Å². The van der Waals surface area contributed by atoms with Crippen LogP contribution in [0.25, 0.3) is 0 Å². The second-order valence-electron chi connectivity index (χ2n) is 5.74. The van der Waals surface area contributed by atoms with Gasteiger partial charge in [0.1, 0.15) is 0 Å². The van der Waals surface area contributed by atoms with E-state index in [2.05, 4.69) is 31.0 Å². The number of hydrogen-bond donors (Lipinski definition) is 1. The first kappa shape index (κ1) is 12.4. The fraction of sp³-hybridized carbons (Fsp3) is 1.00. The van der Waals surface area contributed by atoms with Gasteiger partial charge >= 0.3 is 0 Å². The van der Waals surface area contributed by atoms with E-state index in [-0.39, 0.29) is 0 Å². The van der Waals surface area contributed by atoms with Crippen molar-refractivity contribution in [3.8, 4) is 0 Å². The minimum atomic E-state index is 0.730. The van der Waals surface area contributed by atoms with Gasteiger partial charge in [0.05, 0.1) is 0 Å². The van der Waals surface area contributed by atoms with Crippen LogP contribution in [-0.2, 0) is 0 Å². The second-order valence-corrected chi connectivity index (χ2v) is 5.74. The lowest BCUT2D eigenvalue weighted by Crippen LogP contribution is -2.61. The number of nitrogens with one attached hydrogen (secondary N) is 1. The zero-order chi connectivity index (χ0) is 11.5. The molecule has 2 rings (SSSR count). The van der Waals surface area contributed by atoms with Crippen LogP contribution in [0.5, 0.6) is 0 Å². The largest absolute Gasteiger partial charge is 0.311 e. The summed E-state index contributed by atoms with van der Waals surface area (Å²) in [5.41, 5.74) is 0. The molecule has 94 valence electrons. The molecule has 0 aromatic carbocycles. The Morgan fingerprint density at radius 2 is 2.06 bits per heavy atom. The quantitative estimate of drug-likeness (QED) is 0.790. The Balaban J connectivity index is 1.94. The van der Waals surface area contributed by atoms with Crippen LogP contribution in [0.1, 0.15) is 52.9 Å². The van der Waals surface area contributed by atoms with Crippen molar-refractivity contribution in [3.05, 3.63) is 0 Å². The highest BCUT2D eigenvalue weighted by Crippen LogP contribution is 2.29. The normalized spacial score (nSPS) is 34.7. The predicted octanol–water partition coefficient (Wildman–Crippen LogP) is 2.64. The first-order valence-corrected chi connectivity index (χ1v) is 7.25. The molecule has 2 aliphatic rings. The van der Waals surface area contributed by atoms with E-state index in [0.717, 1.165) is 24.0 Å². The van der Waals surface area contributed by atoms with E-state index in [0.29, 0.717) is 0 Å². The van der Waals surface area contributed by atoms with Crippen molar-refractivity contribution in [2.24, 2.45) is 5.92 Å². The fourth-order valence-corrected chi connectivity index (χ4v) is 3.06. The van der Waals surface area contributed by atoms with Crippen LogP contribution >= 0.6 is 0 Å². The van der Waals surface area contributed by atoms with Gasteiger partial charge < -0.3 is 5.32 Å². The van der Waals surface area contributed by atoms with Gasteiger partial charge in [0.15, 0.2) is 0 Å². The van der Waals surface area contributed by atoms with Crippen LogP contribution in [0.4, 0.5) is 0 Å². The Labute approximate surface area is 101 Å². The van der Waals surface area contributed by atoms with Crippen molar-refractivity contribution < 1.29 is 0 Å². The molecule has 0 spiro atoms. The average Bonchev–Trinajstić information content (AvgIpc) is 2.25. The summed E-state index contributed by atoms with van der Waals surface area (Å²) in [6.45, 7) is 9.54. The van der Waals surface area contributed by atoms with Gasteiger partial charge in [0, 0.05) is 31.2 Å². The van der Waals surface area contributed by atoms with Crippen LogP contribution in [0.3, 0.4) is 0 Å². The first-order valence-electron chi connectivity index (χ1n) is 7.25. The second kappa shape index (κ2) is 5.50. The van der Waals surface area contributed by atoms with Crippen molar-refractivity contribution in [1.82, 2.24) is 10.2 Å². The zero-order valence-corrected chi connectivity index (χ0v) is 11.2. The summed E-state index contributed by atoms with van der Waals surface area (Å²) in [5.74, 6) is 0.820. The summed E-state index contributed by atoms with van der Waals surface area (Å²) >= 11 is 0. The molecule has 2 heteroatoms. The molecule has 0 radical (unpaired) electrons. The molecule has 16 heavy (non-hydrogen) atoms. The van der Waals surface area contributed by atoms with Gasteiger partial charge in [-0.05, 0) is 25.2 Å². The molecule has 1 saturated carbocycles. The van der Waals surface area contributed by atoms with Gasteiger partial charge in [-0.15, -0.1) is 0 Å². The summed E-state index contributed by atoms with van der Waals surface area (Å²) in [4.78, 5) is 2.82. The van der Waals surface area contributed by atoms with Crippen molar-refractivity contribution in [2.45, 2.75) is 71.0 Å². The number of hydrogen-bond acceptors (Lipinski definition) is 2. The molecule has 0 aromatic heterocycles. The van der Waals surface area contributed by atoms with Gasteiger partial charge in [-0.25, -0.2) is 0 Å². The molecular weight excluding hydrogens is 196 g/mol. The average molecular weight is 224 g/mol. The molecule has 3 unspecified atom stereocenters. The molecule has 2 fully saturated rings. The predicted molar refractivity (Wildman–Crippen MR) is 69.7 cm³/mol. The molecule has 0 aromatic rings. The number of piperazine rings is 1. The van der Waals surface area contributed by atoms with Gasteiger partial charge in [-0.2, -0.15) is 0 Å². The smallest absolute Gasteiger partial charge is 0.0221 e. The van der Waals surface area contributed by atoms with E-state index in [1.807, 2.05) is 0 Å². The lowest BCUT2D eigenvalue weighted by Gasteiger charge is -2.48. The molecule has 0 bridgehead atoms. The molecule has 1 aliphatic carbocycles. The number of rotatable bonds is 4. The Morgan fingerprint density at radius 3 is 2.56 bits per heavy atom. The highest BCUT2D eigenvalue weighted by molar-refractivity contribution is 4.93. The minimum Gasteiger partial charge on any atom is -0.311 e. The molecule has 1 heterocycles. The van der Waals surface area contributed by atoms with Crippen LogP contribution in [-0.4, -0.2) is 36.1 Å². The van der Waals surface area contributed by atoms with Crippen LogP contribution in [0, 0.1) is 5.92 Å². The van der Waals surface area contributed by atoms with E-state index in [9.17, 15) is 0 Å². The molecule has 2 nitrogen and oxygen atoms in total. The van der Waals surface area contributed by atoms with Gasteiger partial charge in [0.2, 0.25) is 0 Å². The molecule has 0 amide bonds. The summed E-state index contributed by atoms with van der Waals surface area (Å²) < 4.78 is 0. The first-order chi connectivity index (χ1) is 7.76. The topological polar surface area (TPSA) is 15.3 Å². The van der Waals surface area contributed by atoms with Gasteiger partial charge in [-0.1, -0.05) is 33.6 Å². The lowest BCUT2D eigenvalue weighted by molar-refractivity contribution is 0.0301. The monoisotopic (exact) mass is 224 g/mol. The van der Waals surface area contributed by atoms with Crippen molar-refractivity contribution in [1.29, 1.82) is 0 Å². The van der Waals surface area contributed by atoms with E-state index < -0.39 is 0 Å². The van der Waals surface area contributed by atoms with Crippen LogP contribution in [0.2, 0.25) is 0 Å². The van der Waals surface area contributed by atoms with Crippen molar-refractivity contribution in [2.75, 3.05) is 13.1 Å². The SMILES string of the molecule is CCC(C)C1CN(C2CCC2)C(CC)CN1. The maximum absolute atomic E-state index is 3.76. The molecule has 1 aliphatic heterocycles. The summed E-state index contributed by atoms with van der Waals surface area (Å²) in [5, 5.41) is 3.76. The highest BCUT2D eigenvalue weighted by Gasteiger charge is 2.35. The molecular formula is C14H28N2. The summed E-state index contributed by atoms with van der Waals surface area (Å²) in [6.07, 6.45) is 6.95. The van der Waals surface area contributed by atoms with Crippen LogP contribution in [0.15, 0.2) is 0 Å². The zero-order valence-electron chi connectivity index (χ0n) is 11.2. The minimum absolute atomic E-state index is 0.730. The molecule has 1 saturated heterocycles. The van der Waals surface area contributed by atoms with E-state index in [4.69, 9.17) is 0 Å². The third-order valence-electron chi connectivity index (χ3n) is 4.84. The van der Waals surface area contributed by atoms with Crippen molar-refractivity contribution in [3.63, 3.8) is 0 Å². The summed E-state index contributed by atoms with van der Waals surface area (Å²) in [7, 11) is 0. The van der Waals surface area contributed by atoms with E-state index in [1.165, 1.54) is 45.2 Å². The number of nitrogens with zero attached hydrogens (tertiary/aromatic N) is 1. The highest BCUT2D eigenvalue weighted by atomic mass is 15.3. The summed E-state index contributed by atoms with van der Waals surface area (Å²) in [6, 6.07) is 2.44. The maximum atomic E-state index is 3.76. The Kier molecular flexibility index (Phi) is 4.26. The Morgan fingerprint density at radius 1 is 1.31 bits per heavy atom.